The first-order valence-corrected chi connectivity index (χ1v) is 4.97. The van der Waals surface area contributed by atoms with Crippen molar-refractivity contribution in [2.75, 3.05) is 0 Å². The highest BCUT2D eigenvalue weighted by Crippen LogP contribution is 2.22. The number of carbonyl (C=O) groups excluding carboxylic acids is 1. The molecule has 0 amide bonds. The molecule has 0 fully saturated rings. The summed E-state index contributed by atoms with van der Waals surface area (Å²) < 4.78 is 5.10. The van der Waals surface area contributed by atoms with Crippen LogP contribution in [0.25, 0.3) is 0 Å². The molecule has 0 unspecified atom stereocenters. The van der Waals surface area contributed by atoms with Gasteiger partial charge >= 0.3 is 0 Å². The van der Waals surface area contributed by atoms with Crippen molar-refractivity contribution in [1.29, 1.82) is 0 Å². The van der Waals surface area contributed by atoms with Gasteiger partial charge in [0.1, 0.15) is 12.0 Å². The summed E-state index contributed by atoms with van der Waals surface area (Å²) >= 11 is 0. The Balaban J connectivity index is 2.52. The van der Waals surface area contributed by atoms with Gasteiger partial charge in [-0.1, -0.05) is 20.8 Å². The van der Waals surface area contributed by atoms with Crippen LogP contribution in [-0.4, -0.2) is 5.78 Å². The predicted octanol–water partition coefficient (Wildman–Crippen LogP) is 3.60. The smallest absolute Gasteiger partial charge is 0.166 e. The molecular weight excluding hydrogens is 176 g/mol. The van der Waals surface area contributed by atoms with Gasteiger partial charge in [0.2, 0.25) is 0 Å². The molecule has 1 aromatic rings. The SMILES string of the molecule is Cc1cc(C(=O)CCC(C)(C)C)co1. The lowest BCUT2D eigenvalue weighted by Crippen LogP contribution is -2.08. The summed E-state index contributed by atoms with van der Waals surface area (Å²) in [4.78, 5) is 11.6. The average Bonchev–Trinajstić information content (AvgIpc) is 2.46. The molecule has 1 rings (SSSR count). The zero-order valence-electron chi connectivity index (χ0n) is 9.39. The Labute approximate surface area is 85.3 Å². The molecule has 0 radical (unpaired) electrons. The van der Waals surface area contributed by atoms with E-state index in [1.54, 1.807) is 12.3 Å². The number of hydrogen-bond donors (Lipinski definition) is 0. The molecule has 14 heavy (non-hydrogen) atoms. The van der Waals surface area contributed by atoms with Crippen molar-refractivity contribution in [2.24, 2.45) is 5.41 Å². The molecule has 0 bridgehead atoms. The van der Waals surface area contributed by atoms with Gasteiger partial charge in [0.15, 0.2) is 5.78 Å². The Morgan fingerprint density at radius 1 is 1.43 bits per heavy atom. The Bertz CT molecular complexity index is 315. The monoisotopic (exact) mass is 194 g/mol. The van der Waals surface area contributed by atoms with Gasteiger partial charge in [0.25, 0.3) is 0 Å². The van der Waals surface area contributed by atoms with Crippen LogP contribution in [-0.2, 0) is 0 Å². The van der Waals surface area contributed by atoms with Gasteiger partial charge < -0.3 is 4.42 Å². The summed E-state index contributed by atoms with van der Waals surface area (Å²) in [6.45, 7) is 8.27. The van der Waals surface area contributed by atoms with E-state index >= 15 is 0 Å². The fourth-order valence-electron chi connectivity index (χ4n) is 1.22. The minimum absolute atomic E-state index is 0.178. The molecule has 0 spiro atoms. The number of furan rings is 1. The highest BCUT2D eigenvalue weighted by molar-refractivity contribution is 5.95. The molecule has 0 N–H and O–H groups in total. The van der Waals surface area contributed by atoms with Gasteiger partial charge in [-0.15, -0.1) is 0 Å². The summed E-state index contributed by atoms with van der Waals surface area (Å²) in [5.41, 5.74) is 0.917. The van der Waals surface area contributed by atoms with Crippen molar-refractivity contribution in [3.63, 3.8) is 0 Å². The molecule has 1 heterocycles. The van der Waals surface area contributed by atoms with Crippen LogP contribution in [0.3, 0.4) is 0 Å². The van der Waals surface area contributed by atoms with Crippen LogP contribution < -0.4 is 0 Å². The van der Waals surface area contributed by atoms with Crippen LogP contribution in [0.1, 0.15) is 49.7 Å². The van der Waals surface area contributed by atoms with Gasteiger partial charge in [-0.05, 0) is 24.8 Å². The van der Waals surface area contributed by atoms with Gasteiger partial charge in [-0.2, -0.15) is 0 Å². The van der Waals surface area contributed by atoms with Gasteiger partial charge in [-0.25, -0.2) is 0 Å². The predicted molar refractivity (Wildman–Crippen MR) is 56.5 cm³/mol. The standard InChI is InChI=1S/C12H18O2/c1-9-7-10(8-14-9)11(13)5-6-12(2,3)4/h7-8H,5-6H2,1-4H3. The van der Waals surface area contributed by atoms with Crippen LogP contribution in [0, 0.1) is 12.3 Å². The lowest BCUT2D eigenvalue weighted by molar-refractivity contribution is 0.0965. The molecule has 0 saturated heterocycles. The van der Waals surface area contributed by atoms with E-state index < -0.39 is 0 Å². The van der Waals surface area contributed by atoms with E-state index in [9.17, 15) is 4.79 Å². The molecule has 78 valence electrons. The van der Waals surface area contributed by atoms with Crippen LogP contribution in [0.4, 0.5) is 0 Å². The second kappa shape index (κ2) is 3.99. The number of aryl methyl sites for hydroxylation is 1. The zero-order chi connectivity index (χ0) is 10.8. The Morgan fingerprint density at radius 2 is 2.07 bits per heavy atom. The van der Waals surface area contributed by atoms with E-state index in [1.807, 2.05) is 6.92 Å². The first-order chi connectivity index (χ1) is 6.38. The third-order valence-electron chi connectivity index (χ3n) is 2.15. The Kier molecular flexibility index (Phi) is 3.14. The second-order valence-electron chi connectivity index (χ2n) is 4.93. The van der Waals surface area contributed by atoms with Crippen LogP contribution in [0.5, 0.6) is 0 Å². The third-order valence-corrected chi connectivity index (χ3v) is 2.15. The van der Waals surface area contributed by atoms with Crippen molar-refractivity contribution in [3.05, 3.63) is 23.7 Å². The summed E-state index contributed by atoms with van der Waals surface area (Å²) in [6.07, 6.45) is 3.05. The van der Waals surface area contributed by atoms with E-state index in [4.69, 9.17) is 4.42 Å². The van der Waals surface area contributed by atoms with Crippen LogP contribution in [0.2, 0.25) is 0 Å². The lowest BCUT2D eigenvalue weighted by atomic mass is 9.89. The molecule has 0 aliphatic heterocycles. The van der Waals surface area contributed by atoms with E-state index in [2.05, 4.69) is 20.8 Å². The largest absolute Gasteiger partial charge is 0.469 e. The van der Waals surface area contributed by atoms with Crippen molar-refractivity contribution in [2.45, 2.75) is 40.5 Å². The van der Waals surface area contributed by atoms with E-state index in [0.29, 0.717) is 12.0 Å². The van der Waals surface area contributed by atoms with Crippen molar-refractivity contribution >= 4 is 5.78 Å². The fraction of sp³-hybridized carbons (Fsp3) is 0.583. The Hall–Kier alpha value is -1.05. The minimum Gasteiger partial charge on any atom is -0.469 e. The van der Waals surface area contributed by atoms with Crippen molar-refractivity contribution < 1.29 is 9.21 Å². The molecule has 2 nitrogen and oxygen atoms in total. The number of Topliss-reactive ketones (excluding diaryl/α,β-unsaturated/α-hetero) is 1. The maximum absolute atomic E-state index is 11.6. The molecule has 0 aliphatic carbocycles. The maximum Gasteiger partial charge on any atom is 0.166 e. The average molecular weight is 194 g/mol. The number of hydrogen-bond acceptors (Lipinski definition) is 2. The normalized spacial score (nSPS) is 11.7. The van der Waals surface area contributed by atoms with Crippen LogP contribution in [0.15, 0.2) is 16.7 Å². The summed E-state index contributed by atoms with van der Waals surface area (Å²) in [5, 5.41) is 0. The molecular formula is C12H18O2. The van der Waals surface area contributed by atoms with Gasteiger partial charge in [-0.3, -0.25) is 4.79 Å². The van der Waals surface area contributed by atoms with Crippen molar-refractivity contribution in [3.8, 4) is 0 Å². The fourth-order valence-corrected chi connectivity index (χ4v) is 1.22. The highest BCUT2D eigenvalue weighted by atomic mass is 16.3. The van der Waals surface area contributed by atoms with Gasteiger partial charge in [0.05, 0.1) is 5.56 Å². The summed E-state index contributed by atoms with van der Waals surface area (Å²) in [6, 6.07) is 1.80. The molecule has 1 aromatic heterocycles. The quantitative estimate of drug-likeness (QED) is 0.688. The topological polar surface area (TPSA) is 30.2 Å². The second-order valence-corrected chi connectivity index (χ2v) is 4.93. The van der Waals surface area contributed by atoms with Gasteiger partial charge in [0, 0.05) is 6.42 Å². The van der Waals surface area contributed by atoms with E-state index in [0.717, 1.165) is 12.2 Å². The third kappa shape index (κ3) is 3.36. The molecule has 0 aliphatic rings. The number of carbonyl (C=O) groups is 1. The van der Waals surface area contributed by atoms with Crippen molar-refractivity contribution in [1.82, 2.24) is 0 Å². The Morgan fingerprint density at radius 3 is 2.50 bits per heavy atom. The zero-order valence-corrected chi connectivity index (χ0v) is 9.39. The number of ketones is 1. The molecule has 0 saturated carbocycles. The number of rotatable bonds is 3. The summed E-state index contributed by atoms with van der Waals surface area (Å²) in [5.74, 6) is 0.973. The van der Waals surface area contributed by atoms with E-state index in [-0.39, 0.29) is 11.2 Å². The van der Waals surface area contributed by atoms with E-state index in [1.165, 1.54) is 0 Å². The lowest BCUT2D eigenvalue weighted by Gasteiger charge is -2.16. The summed E-state index contributed by atoms with van der Waals surface area (Å²) in [7, 11) is 0. The van der Waals surface area contributed by atoms with Crippen LogP contribution >= 0.6 is 0 Å². The highest BCUT2D eigenvalue weighted by Gasteiger charge is 2.15. The minimum atomic E-state index is 0.178. The first kappa shape index (κ1) is 11.0. The molecule has 2 heteroatoms. The molecule has 0 atom stereocenters. The first-order valence-electron chi connectivity index (χ1n) is 4.97. The maximum atomic E-state index is 11.6. The molecule has 0 aromatic carbocycles.